The van der Waals surface area contributed by atoms with E-state index in [2.05, 4.69) is 10.4 Å². The molecule has 0 radical (unpaired) electrons. The monoisotopic (exact) mass is 259 g/mol. The molecule has 0 aliphatic heterocycles. The van der Waals surface area contributed by atoms with Crippen LogP contribution < -0.4 is 10.1 Å². The SMILES string of the molecule is COc1ccccc1CC(=O)NCc1cnn(C)c1. The molecule has 1 heterocycles. The van der Waals surface area contributed by atoms with E-state index in [-0.39, 0.29) is 5.91 Å². The Labute approximate surface area is 112 Å². The summed E-state index contributed by atoms with van der Waals surface area (Å²) in [6.07, 6.45) is 3.93. The van der Waals surface area contributed by atoms with Crippen LogP contribution in [0, 0.1) is 0 Å². The second-order valence-corrected chi connectivity index (χ2v) is 4.29. The largest absolute Gasteiger partial charge is 0.496 e. The number of methoxy groups -OCH3 is 1. The Bertz CT molecular complexity index is 563. The zero-order valence-corrected chi connectivity index (χ0v) is 11.1. The first kappa shape index (κ1) is 13.1. The molecule has 2 rings (SSSR count). The fourth-order valence-corrected chi connectivity index (χ4v) is 1.85. The maximum Gasteiger partial charge on any atom is 0.224 e. The molecule has 0 atom stereocenters. The lowest BCUT2D eigenvalue weighted by atomic mass is 10.1. The summed E-state index contributed by atoms with van der Waals surface area (Å²) >= 11 is 0. The molecule has 0 saturated carbocycles. The number of carbonyl (C=O) groups excluding carboxylic acids is 1. The first-order chi connectivity index (χ1) is 9.19. The molecule has 0 bridgehead atoms. The number of ether oxygens (including phenoxy) is 1. The minimum atomic E-state index is -0.0339. The van der Waals surface area contributed by atoms with Crippen LogP contribution in [0.5, 0.6) is 5.75 Å². The van der Waals surface area contributed by atoms with Crippen LogP contribution in [0.4, 0.5) is 0 Å². The summed E-state index contributed by atoms with van der Waals surface area (Å²) in [6.45, 7) is 0.488. The minimum Gasteiger partial charge on any atom is -0.496 e. The molecule has 0 aliphatic rings. The predicted octanol–water partition coefficient (Wildman–Crippen LogP) is 1.29. The van der Waals surface area contributed by atoms with Gasteiger partial charge in [0.25, 0.3) is 0 Å². The second-order valence-electron chi connectivity index (χ2n) is 4.29. The highest BCUT2D eigenvalue weighted by Gasteiger charge is 2.08. The molecule has 100 valence electrons. The number of para-hydroxylation sites is 1. The number of hydrogen-bond donors (Lipinski definition) is 1. The zero-order valence-electron chi connectivity index (χ0n) is 11.1. The van der Waals surface area contributed by atoms with Gasteiger partial charge in [0.1, 0.15) is 5.75 Å². The number of nitrogens with one attached hydrogen (secondary N) is 1. The van der Waals surface area contributed by atoms with Crippen molar-refractivity contribution in [2.45, 2.75) is 13.0 Å². The van der Waals surface area contributed by atoms with Crippen molar-refractivity contribution in [2.24, 2.45) is 7.05 Å². The summed E-state index contributed by atoms with van der Waals surface area (Å²) in [5.41, 5.74) is 1.87. The molecule has 2 aromatic rings. The Balaban J connectivity index is 1.90. The van der Waals surface area contributed by atoms with Gasteiger partial charge in [-0.05, 0) is 6.07 Å². The Morgan fingerprint density at radius 1 is 1.42 bits per heavy atom. The Morgan fingerprint density at radius 3 is 2.89 bits per heavy atom. The van der Waals surface area contributed by atoms with Gasteiger partial charge in [-0.2, -0.15) is 5.10 Å². The average molecular weight is 259 g/mol. The van der Waals surface area contributed by atoms with Gasteiger partial charge in [-0.25, -0.2) is 0 Å². The van der Waals surface area contributed by atoms with Crippen molar-refractivity contribution >= 4 is 5.91 Å². The molecule has 5 nitrogen and oxygen atoms in total. The fraction of sp³-hybridized carbons (Fsp3) is 0.286. The van der Waals surface area contributed by atoms with Gasteiger partial charge in [-0.1, -0.05) is 18.2 Å². The van der Waals surface area contributed by atoms with E-state index in [0.29, 0.717) is 13.0 Å². The van der Waals surface area contributed by atoms with Crippen molar-refractivity contribution < 1.29 is 9.53 Å². The van der Waals surface area contributed by atoms with Crippen molar-refractivity contribution in [1.29, 1.82) is 0 Å². The third-order valence-corrected chi connectivity index (χ3v) is 2.79. The number of carbonyl (C=O) groups is 1. The quantitative estimate of drug-likeness (QED) is 0.880. The highest BCUT2D eigenvalue weighted by Crippen LogP contribution is 2.17. The number of aryl methyl sites for hydroxylation is 1. The lowest BCUT2D eigenvalue weighted by Crippen LogP contribution is -2.24. The van der Waals surface area contributed by atoms with Crippen LogP contribution >= 0.6 is 0 Å². The van der Waals surface area contributed by atoms with Crippen LogP contribution in [-0.4, -0.2) is 22.8 Å². The molecule has 0 fully saturated rings. The third kappa shape index (κ3) is 3.58. The lowest BCUT2D eigenvalue weighted by molar-refractivity contribution is -0.120. The Kier molecular flexibility index (Phi) is 4.18. The first-order valence-corrected chi connectivity index (χ1v) is 6.05. The van der Waals surface area contributed by atoms with Gasteiger partial charge in [-0.15, -0.1) is 0 Å². The van der Waals surface area contributed by atoms with Crippen molar-refractivity contribution in [3.8, 4) is 5.75 Å². The topological polar surface area (TPSA) is 56.1 Å². The summed E-state index contributed by atoms with van der Waals surface area (Å²) in [5, 5.41) is 6.92. The molecule has 1 amide bonds. The van der Waals surface area contributed by atoms with Crippen LogP contribution in [-0.2, 0) is 24.8 Å². The van der Waals surface area contributed by atoms with Gasteiger partial charge in [0.2, 0.25) is 5.91 Å². The summed E-state index contributed by atoms with van der Waals surface area (Å²) in [5.74, 6) is 0.701. The van der Waals surface area contributed by atoms with Gasteiger partial charge in [0, 0.05) is 30.9 Å². The molecule has 1 aromatic carbocycles. The number of nitrogens with zero attached hydrogens (tertiary/aromatic N) is 2. The van der Waals surface area contributed by atoms with E-state index in [9.17, 15) is 4.79 Å². The van der Waals surface area contributed by atoms with E-state index in [4.69, 9.17) is 4.74 Å². The van der Waals surface area contributed by atoms with Crippen LogP contribution in [0.25, 0.3) is 0 Å². The molecule has 0 saturated heterocycles. The van der Waals surface area contributed by atoms with E-state index in [1.165, 1.54) is 0 Å². The third-order valence-electron chi connectivity index (χ3n) is 2.79. The summed E-state index contributed by atoms with van der Waals surface area (Å²) in [7, 11) is 3.45. The first-order valence-electron chi connectivity index (χ1n) is 6.05. The van der Waals surface area contributed by atoms with Gasteiger partial charge < -0.3 is 10.1 Å². The molecule has 5 heteroatoms. The van der Waals surface area contributed by atoms with E-state index in [0.717, 1.165) is 16.9 Å². The molecule has 1 aromatic heterocycles. The van der Waals surface area contributed by atoms with Crippen molar-refractivity contribution in [3.05, 3.63) is 47.8 Å². The molecule has 0 spiro atoms. The van der Waals surface area contributed by atoms with Crippen LogP contribution in [0.3, 0.4) is 0 Å². The maximum atomic E-state index is 11.9. The van der Waals surface area contributed by atoms with Crippen molar-refractivity contribution in [2.75, 3.05) is 7.11 Å². The predicted molar refractivity (Wildman–Crippen MR) is 71.8 cm³/mol. The summed E-state index contributed by atoms with van der Waals surface area (Å²) in [6, 6.07) is 7.52. The summed E-state index contributed by atoms with van der Waals surface area (Å²) < 4.78 is 6.93. The smallest absolute Gasteiger partial charge is 0.224 e. The highest BCUT2D eigenvalue weighted by atomic mass is 16.5. The molecule has 0 aliphatic carbocycles. The van der Waals surface area contributed by atoms with Crippen molar-refractivity contribution in [1.82, 2.24) is 15.1 Å². The van der Waals surface area contributed by atoms with Gasteiger partial charge >= 0.3 is 0 Å². The highest BCUT2D eigenvalue weighted by molar-refractivity contribution is 5.79. The van der Waals surface area contributed by atoms with Crippen LogP contribution in [0.15, 0.2) is 36.7 Å². The fourth-order valence-electron chi connectivity index (χ4n) is 1.85. The molecule has 1 N–H and O–H groups in total. The number of rotatable bonds is 5. The Hall–Kier alpha value is -2.30. The zero-order chi connectivity index (χ0) is 13.7. The second kappa shape index (κ2) is 6.04. The number of amides is 1. The maximum absolute atomic E-state index is 11.9. The van der Waals surface area contributed by atoms with Crippen molar-refractivity contribution in [3.63, 3.8) is 0 Å². The summed E-state index contributed by atoms with van der Waals surface area (Å²) in [4.78, 5) is 11.9. The Morgan fingerprint density at radius 2 is 2.21 bits per heavy atom. The number of aromatic nitrogens is 2. The van der Waals surface area contributed by atoms with E-state index in [1.54, 1.807) is 18.0 Å². The van der Waals surface area contributed by atoms with Gasteiger partial charge in [0.15, 0.2) is 0 Å². The van der Waals surface area contributed by atoms with Crippen LogP contribution in [0.1, 0.15) is 11.1 Å². The average Bonchev–Trinajstić information content (AvgIpc) is 2.83. The van der Waals surface area contributed by atoms with E-state index < -0.39 is 0 Å². The normalized spacial score (nSPS) is 10.2. The molecule has 19 heavy (non-hydrogen) atoms. The molecular weight excluding hydrogens is 242 g/mol. The van der Waals surface area contributed by atoms with E-state index >= 15 is 0 Å². The molecular formula is C14H17N3O2. The number of hydrogen-bond acceptors (Lipinski definition) is 3. The molecule has 0 unspecified atom stereocenters. The van der Waals surface area contributed by atoms with Gasteiger partial charge in [-0.3, -0.25) is 9.48 Å². The van der Waals surface area contributed by atoms with Crippen LogP contribution in [0.2, 0.25) is 0 Å². The van der Waals surface area contributed by atoms with E-state index in [1.807, 2.05) is 37.5 Å². The lowest BCUT2D eigenvalue weighted by Gasteiger charge is -2.08. The number of benzene rings is 1. The minimum absolute atomic E-state index is 0.0339. The standard InChI is InChI=1S/C14H17N3O2/c1-17-10-11(9-16-17)8-15-14(18)7-12-5-3-4-6-13(12)19-2/h3-6,9-10H,7-8H2,1-2H3,(H,15,18). The van der Waals surface area contributed by atoms with Gasteiger partial charge in [0.05, 0.1) is 19.7 Å².